The highest BCUT2D eigenvalue weighted by atomic mass is 16.6. The maximum absolute atomic E-state index is 12.3. The fraction of sp³-hybridized carbons (Fsp3) is 0.652. The molecule has 1 atom stereocenters. The number of unbranched alkanes of at least 4 members (excludes halogenated alkanes) is 25. The maximum Gasteiger partial charge on any atom is 0.306 e. The molecule has 0 saturated carbocycles. The van der Waals surface area contributed by atoms with Crippen molar-refractivity contribution in [2.75, 3.05) is 13.2 Å². The van der Waals surface area contributed by atoms with Crippen molar-refractivity contribution in [2.45, 2.75) is 277 Å². The summed E-state index contributed by atoms with van der Waals surface area (Å²) in [5, 5.41) is 9.67. The van der Waals surface area contributed by atoms with Crippen molar-refractivity contribution < 1.29 is 24.2 Å². The Labute approximate surface area is 457 Å². The van der Waals surface area contributed by atoms with Gasteiger partial charge in [-0.2, -0.15) is 0 Å². The normalized spacial score (nSPS) is 13.2. The smallest absolute Gasteiger partial charge is 0.306 e. The van der Waals surface area contributed by atoms with Gasteiger partial charge in [0.1, 0.15) is 6.61 Å². The summed E-state index contributed by atoms with van der Waals surface area (Å²) < 4.78 is 10.7. The van der Waals surface area contributed by atoms with Crippen LogP contribution in [0.25, 0.3) is 0 Å². The molecule has 0 aliphatic rings. The molecule has 5 nitrogen and oxygen atoms in total. The SMILES string of the molecule is CC/C=C\C/C=C\C/C=C\C/C=C\C/C=C\C/C=C\CCCCCCCCCCCCCCCCCCCCC(=O)OC(CO)COC(=O)CCCCCCCCC/C=C\C/C=C\C/C=C\C/C=C\C/C=C\CC. The van der Waals surface area contributed by atoms with Crippen molar-refractivity contribution in [1.82, 2.24) is 0 Å². The zero-order chi connectivity index (χ0) is 53.4. The fourth-order valence-electron chi connectivity index (χ4n) is 8.41. The number of rotatable bonds is 55. The largest absolute Gasteiger partial charge is 0.462 e. The molecule has 1 N–H and O–H groups in total. The molecule has 74 heavy (non-hydrogen) atoms. The third kappa shape index (κ3) is 60.6. The van der Waals surface area contributed by atoms with Crippen molar-refractivity contribution in [3.05, 3.63) is 134 Å². The van der Waals surface area contributed by atoms with Gasteiger partial charge in [0.2, 0.25) is 0 Å². The van der Waals surface area contributed by atoms with Crippen molar-refractivity contribution in [3.8, 4) is 0 Å². The Morgan fingerprint density at radius 1 is 0.311 bits per heavy atom. The number of aliphatic hydroxyl groups is 1. The summed E-state index contributed by atoms with van der Waals surface area (Å²) in [7, 11) is 0. The first-order chi connectivity index (χ1) is 36.6. The molecule has 0 radical (unpaired) electrons. The molecule has 0 aromatic rings. The molecule has 0 aromatic heterocycles. The van der Waals surface area contributed by atoms with Crippen LogP contribution in [-0.2, 0) is 19.1 Å². The lowest BCUT2D eigenvalue weighted by Crippen LogP contribution is -2.28. The number of aliphatic hydroxyl groups excluding tert-OH is 1. The third-order valence-corrected chi connectivity index (χ3v) is 12.9. The fourth-order valence-corrected chi connectivity index (χ4v) is 8.41. The van der Waals surface area contributed by atoms with Crippen LogP contribution in [0, 0.1) is 0 Å². The third-order valence-electron chi connectivity index (χ3n) is 12.9. The molecule has 1 unspecified atom stereocenters. The van der Waals surface area contributed by atoms with E-state index in [-0.39, 0.29) is 25.2 Å². The monoisotopic (exact) mass is 1020 g/mol. The van der Waals surface area contributed by atoms with Crippen LogP contribution in [0.2, 0.25) is 0 Å². The number of hydrogen-bond donors (Lipinski definition) is 1. The first-order valence-electron chi connectivity index (χ1n) is 30.7. The van der Waals surface area contributed by atoms with E-state index < -0.39 is 6.10 Å². The van der Waals surface area contributed by atoms with Gasteiger partial charge in [-0.1, -0.05) is 282 Å². The Hall–Kier alpha value is -3.96. The highest BCUT2D eigenvalue weighted by molar-refractivity contribution is 5.70. The molecule has 0 fully saturated rings. The second kappa shape index (κ2) is 63.3. The van der Waals surface area contributed by atoms with E-state index in [1.807, 2.05) is 0 Å². The number of carbonyl (C=O) groups excluding carboxylic acids is 2. The Balaban J connectivity index is 3.50. The molecule has 5 heteroatoms. The predicted molar refractivity (Wildman–Crippen MR) is 324 cm³/mol. The van der Waals surface area contributed by atoms with Crippen LogP contribution in [0.1, 0.15) is 271 Å². The number of carbonyl (C=O) groups is 2. The summed E-state index contributed by atoms with van der Waals surface area (Å²) in [6, 6.07) is 0. The first kappa shape index (κ1) is 70.0. The molecule has 0 amide bonds. The van der Waals surface area contributed by atoms with E-state index in [1.54, 1.807) is 0 Å². The van der Waals surface area contributed by atoms with Crippen LogP contribution in [0.5, 0.6) is 0 Å². The van der Waals surface area contributed by atoms with Gasteiger partial charge in [0.25, 0.3) is 0 Å². The van der Waals surface area contributed by atoms with Gasteiger partial charge < -0.3 is 14.6 Å². The number of esters is 2. The van der Waals surface area contributed by atoms with Gasteiger partial charge in [-0.25, -0.2) is 0 Å². The average molecular weight is 1020 g/mol. The zero-order valence-corrected chi connectivity index (χ0v) is 48.1. The summed E-state index contributed by atoms with van der Waals surface area (Å²) in [5.41, 5.74) is 0. The summed E-state index contributed by atoms with van der Waals surface area (Å²) in [5.74, 6) is -0.603. The molecular weight excluding hydrogens is 909 g/mol. The van der Waals surface area contributed by atoms with E-state index in [9.17, 15) is 14.7 Å². The average Bonchev–Trinajstić information content (AvgIpc) is 3.40. The Morgan fingerprint density at radius 2 is 0.541 bits per heavy atom. The van der Waals surface area contributed by atoms with E-state index in [1.165, 1.54) is 128 Å². The van der Waals surface area contributed by atoms with Crippen LogP contribution in [-0.4, -0.2) is 36.4 Å². The Morgan fingerprint density at radius 3 is 0.811 bits per heavy atom. The van der Waals surface area contributed by atoms with E-state index >= 15 is 0 Å². The Kier molecular flexibility index (Phi) is 59.9. The van der Waals surface area contributed by atoms with E-state index in [0.717, 1.165) is 116 Å². The van der Waals surface area contributed by atoms with Gasteiger partial charge in [0.15, 0.2) is 6.10 Å². The van der Waals surface area contributed by atoms with Crippen LogP contribution >= 0.6 is 0 Å². The van der Waals surface area contributed by atoms with Crippen LogP contribution in [0.4, 0.5) is 0 Å². The lowest BCUT2D eigenvalue weighted by molar-refractivity contribution is -0.161. The molecule has 0 saturated heterocycles. The quantitative estimate of drug-likeness (QED) is 0.0373. The molecule has 0 aliphatic carbocycles. The maximum atomic E-state index is 12.3. The van der Waals surface area contributed by atoms with Gasteiger partial charge in [-0.05, 0) is 109 Å². The minimum atomic E-state index is -0.785. The second-order valence-electron chi connectivity index (χ2n) is 20.0. The highest BCUT2D eigenvalue weighted by Gasteiger charge is 2.16. The van der Waals surface area contributed by atoms with Gasteiger partial charge in [0, 0.05) is 12.8 Å². The summed E-state index contributed by atoms with van der Waals surface area (Å²) in [4.78, 5) is 24.6. The van der Waals surface area contributed by atoms with E-state index in [0.29, 0.717) is 12.8 Å². The van der Waals surface area contributed by atoms with Crippen LogP contribution < -0.4 is 0 Å². The van der Waals surface area contributed by atoms with Crippen LogP contribution in [0.3, 0.4) is 0 Å². The van der Waals surface area contributed by atoms with E-state index in [2.05, 4.69) is 148 Å². The van der Waals surface area contributed by atoms with Crippen molar-refractivity contribution in [2.24, 2.45) is 0 Å². The molecule has 0 bridgehead atoms. The van der Waals surface area contributed by atoms with Gasteiger partial charge >= 0.3 is 11.9 Å². The Bertz CT molecular complexity index is 1530. The predicted octanol–water partition coefficient (Wildman–Crippen LogP) is 21.2. The number of ether oxygens (including phenoxy) is 2. The van der Waals surface area contributed by atoms with Crippen molar-refractivity contribution >= 4 is 11.9 Å². The van der Waals surface area contributed by atoms with Gasteiger partial charge in [0.05, 0.1) is 6.61 Å². The molecule has 420 valence electrons. The second-order valence-corrected chi connectivity index (χ2v) is 20.0. The van der Waals surface area contributed by atoms with Crippen molar-refractivity contribution in [3.63, 3.8) is 0 Å². The number of hydrogen-bond acceptors (Lipinski definition) is 5. The lowest BCUT2D eigenvalue weighted by atomic mass is 10.0. The summed E-state index contributed by atoms with van der Waals surface area (Å²) in [6.45, 7) is 3.91. The van der Waals surface area contributed by atoms with Crippen molar-refractivity contribution in [1.29, 1.82) is 0 Å². The lowest BCUT2D eigenvalue weighted by Gasteiger charge is -2.15. The molecule has 0 rings (SSSR count). The molecule has 0 aliphatic heterocycles. The minimum absolute atomic E-state index is 0.0767. The minimum Gasteiger partial charge on any atom is -0.462 e. The summed E-state index contributed by atoms with van der Waals surface area (Å²) >= 11 is 0. The molecule has 0 heterocycles. The summed E-state index contributed by atoms with van der Waals surface area (Å²) in [6.07, 6.45) is 94.4. The van der Waals surface area contributed by atoms with Gasteiger partial charge in [-0.3, -0.25) is 9.59 Å². The van der Waals surface area contributed by atoms with E-state index in [4.69, 9.17) is 9.47 Å². The highest BCUT2D eigenvalue weighted by Crippen LogP contribution is 2.16. The van der Waals surface area contributed by atoms with Crippen LogP contribution in [0.15, 0.2) is 134 Å². The van der Waals surface area contributed by atoms with Gasteiger partial charge in [-0.15, -0.1) is 0 Å². The number of allylic oxidation sites excluding steroid dienone is 22. The molecule has 0 spiro atoms. The zero-order valence-electron chi connectivity index (χ0n) is 48.1. The molecular formula is C69H114O5. The molecule has 0 aromatic carbocycles. The topological polar surface area (TPSA) is 72.8 Å². The standard InChI is InChI=1S/C69H114O5/c1-3-5-7-9-11-13-15-17-19-21-23-25-27-28-29-30-31-32-33-34-35-36-37-38-39-40-42-44-46-48-50-52-54-56-58-60-62-64-69(72)74-67(65-70)66-73-68(71)63-61-59-57-55-53-51-49-47-45-43-41-26-24-22-20-18-16-14-12-10-8-6-4-2/h5-8,11-14,17-20,23-26,28-29,31-32,43,45,67,70H,3-4,9-10,15-16,21-22,27,30,33-42,44,46-66H2,1-2H3/b7-5-,8-6-,13-11-,14-12-,19-17-,20-18-,25-23-,26-24-,29-28-,32-31-,45-43-. The first-order valence-corrected chi connectivity index (χ1v) is 30.7.